The normalized spacial score (nSPS) is 22.6. The van der Waals surface area contributed by atoms with E-state index in [0.717, 1.165) is 42.3 Å². The number of pyridine rings is 1. The average molecular weight is 337 g/mol. The quantitative estimate of drug-likeness (QED) is 0.855. The number of likely N-dealkylation sites (tertiary alicyclic amines) is 1. The van der Waals surface area contributed by atoms with Crippen molar-refractivity contribution in [3.8, 4) is 0 Å². The van der Waals surface area contributed by atoms with Crippen LogP contribution in [-0.4, -0.2) is 44.4 Å². The van der Waals surface area contributed by atoms with Gasteiger partial charge in [0.25, 0.3) is 0 Å². The van der Waals surface area contributed by atoms with E-state index in [1.165, 1.54) is 0 Å². The van der Waals surface area contributed by atoms with Gasteiger partial charge in [-0.1, -0.05) is 13.0 Å². The highest BCUT2D eigenvalue weighted by molar-refractivity contribution is 5.81. The summed E-state index contributed by atoms with van der Waals surface area (Å²) in [5, 5.41) is 0. The first-order valence-electron chi connectivity index (χ1n) is 8.95. The molecule has 0 saturated carbocycles. The van der Waals surface area contributed by atoms with E-state index in [1.807, 2.05) is 42.4 Å². The molecule has 0 radical (unpaired) electrons. The van der Waals surface area contributed by atoms with Gasteiger partial charge in [0.15, 0.2) is 0 Å². The van der Waals surface area contributed by atoms with Crippen molar-refractivity contribution in [2.75, 3.05) is 11.4 Å². The molecule has 2 aromatic rings. The second kappa shape index (κ2) is 6.43. The maximum atomic E-state index is 12.6. The summed E-state index contributed by atoms with van der Waals surface area (Å²) in [5.41, 5.74) is 3.07. The standard InChI is InChI=1S/C19H23N5O/c1-3-14-10-20-19(21-11-14)23-8-7-16-17(23)9-18(25)24(16)12-15-6-4-5-13(2)22-15/h4-6,10-11,16-17H,3,7-9,12H2,1-2H3/t16-,17+/m1/s1. The third-order valence-electron chi connectivity index (χ3n) is 5.25. The summed E-state index contributed by atoms with van der Waals surface area (Å²) >= 11 is 0. The smallest absolute Gasteiger partial charge is 0.225 e. The molecule has 6 heteroatoms. The van der Waals surface area contributed by atoms with Crippen molar-refractivity contribution in [1.82, 2.24) is 19.9 Å². The van der Waals surface area contributed by atoms with Gasteiger partial charge in [-0.2, -0.15) is 0 Å². The summed E-state index contributed by atoms with van der Waals surface area (Å²) in [6.07, 6.45) is 6.21. The van der Waals surface area contributed by atoms with Crippen molar-refractivity contribution < 1.29 is 4.79 Å². The predicted octanol–water partition coefficient (Wildman–Crippen LogP) is 2.12. The Morgan fingerprint density at radius 2 is 2.00 bits per heavy atom. The molecule has 2 aromatic heterocycles. The van der Waals surface area contributed by atoms with Gasteiger partial charge in [-0.15, -0.1) is 0 Å². The van der Waals surface area contributed by atoms with Crippen LogP contribution in [0.25, 0.3) is 0 Å². The highest BCUT2D eigenvalue weighted by Gasteiger charge is 2.47. The number of carbonyl (C=O) groups is 1. The van der Waals surface area contributed by atoms with Crippen molar-refractivity contribution in [3.05, 3.63) is 47.5 Å². The van der Waals surface area contributed by atoms with Crippen molar-refractivity contribution in [2.24, 2.45) is 0 Å². The Morgan fingerprint density at radius 3 is 2.72 bits per heavy atom. The molecule has 0 aromatic carbocycles. The number of carbonyl (C=O) groups excluding carboxylic acids is 1. The monoisotopic (exact) mass is 337 g/mol. The fraction of sp³-hybridized carbons (Fsp3) is 0.474. The Balaban J connectivity index is 1.52. The number of hydrogen-bond donors (Lipinski definition) is 0. The molecule has 0 unspecified atom stereocenters. The average Bonchev–Trinajstić information content (AvgIpc) is 3.15. The van der Waals surface area contributed by atoms with E-state index in [-0.39, 0.29) is 18.0 Å². The maximum Gasteiger partial charge on any atom is 0.225 e. The lowest BCUT2D eigenvalue weighted by Crippen LogP contribution is -2.37. The zero-order valence-electron chi connectivity index (χ0n) is 14.7. The Morgan fingerprint density at radius 1 is 1.20 bits per heavy atom. The summed E-state index contributed by atoms with van der Waals surface area (Å²) < 4.78 is 0. The van der Waals surface area contributed by atoms with E-state index >= 15 is 0 Å². The van der Waals surface area contributed by atoms with Crippen molar-refractivity contribution in [2.45, 2.75) is 51.7 Å². The molecular weight excluding hydrogens is 314 g/mol. The van der Waals surface area contributed by atoms with Crippen LogP contribution in [0.15, 0.2) is 30.6 Å². The molecule has 25 heavy (non-hydrogen) atoms. The fourth-order valence-electron chi connectivity index (χ4n) is 3.92. The van der Waals surface area contributed by atoms with Crippen LogP contribution in [0.4, 0.5) is 5.95 Å². The first-order chi connectivity index (χ1) is 12.2. The highest BCUT2D eigenvalue weighted by Crippen LogP contribution is 2.35. The minimum absolute atomic E-state index is 0.171. The third kappa shape index (κ3) is 2.97. The molecule has 0 aliphatic carbocycles. The van der Waals surface area contributed by atoms with Gasteiger partial charge in [-0.25, -0.2) is 9.97 Å². The molecule has 4 heterocycles. The molecule has 4 rings (SSSR count). The fourth-order valence-corrected chi connectivity index (χ4v) is 3.92. The Kier molecular flexibility index (Phi) is 4.11. The van der Waals surface area contributed by atoms with E-state index in [2.05, 4.69) is 26.8 Å². The van der Waals surface area contributed by atoms with Crippen molar-refractivity contribution in [1.29, 1.82) is 0 Å². The molecule has 2 aliphatic heterocycles. The van der Waals surface area contributed by atoms with Gasteiger partial charge in [-0.05, 0) is 37.5 Å². The van der Waals surface area contributed by atoms with Crippen LogP contribution in [0.5, 0.6) is 0 Å². The molecular formula is C19H23N5O. The zero-order chi connectivity index (χ0) is 17.4. The number of hydrogen-bond acceptors (Lipinski definition) is 5. The largest absolute Gasteiger partial charge is 0.335 e. The van der Waals surface area contributed by atoms with Crippen LogP contribution >= 0.6 is 0 Å². The summed E-state index contributed by atoms with van der Waals surface area (Å²) in [5.74, 6) is 0.946. The van der Waals surface area contributed by atoms with Gasteiger partial charge >= 0.3 is 0 Å². The van der Waals surface area contributed by atoms with E-state index in [0.29, 0.717) is 13.0 Å². The third-order valence-corrected chi connectivity index (χ3v) is 5.25. The minimum Gasteiger partial charge on any atom is -0.335 e. The molecule has 1 amide bonds. The lowest BCUT2D eigenvalue weighted by molar-refractivity contribution is -0.129. The van der Waals surface area contributed by atoms with Crippen LogP contribution < -0.4 is 4.90 Å². The number of anilines is 1. The van der Waals surface area contributed by atoms with Gasteiger partial charge in [0.05, 0.1) is 24.3 Å². The first-order valence-corrected chi connectivity index (χ1v) is 8.95. The second-order valence-corrected chi connectivity index (χ2v) is 6.86. The zero-order valence-corrected chi connectivity index (χ0v) is 14.7. The molecule has 0 bridgehead atoms. The van der Waals surface area contributed by atoms with Gasteiger partial charge in [-0.3, -0.25) is 9.78 Å². The van der Waals surface area contributed by atoms with Crippen LogP contribution in [0.3, 0.4) is 0 Å². The first kappa shape index (κ1) is 16.0. The van der Waals surface area contributed by atoms with E-state index < -0.39 is 0 Å². The number of nitrogens with zero attached hydrogens (tertiary/aromatic N) is 5. The van der Waals surface area contributed by atoms with Crippen LogP contribution in [0.1, 0.15) is 36.7 Å². The van der Waals surface area contributed by atoms with Gasteiger partial charge in [0.1, 0.15) is 0 Å². The van der Waals surface area contributed by atoms with Gasteiger partial charge < -0.3 is 9.80 Å². The molecule has 2 atom stereocenters. The lowest BCUT2D eigenvalue weighted by atomic mass is 10.1. The topological polar surface area (TPSA) is 62.2 Å². The van der Waals surface area contributed by atoms with Crippen molar-refractivity contribution >= 4 is 11.9 Å². The number of amides is 1. The van der Waals surface area contributed by atoms with Crippen LogP contribution in [0.2, 0.25) is 0 Å². The number of fused-ring (bicyclic) bond motifs is 1. The predicted molar refractivity (Wildman–Crippen MR) is 95.1 cm³/mol. The van der Waals surface area contributed by atoms with E-state index in [1.54, 1.807) is 0 Å². The van der Waals surface area contributed by atoms with E-state index in [9.17, 15) is 4.79 Å². The molecule has 0 spiro atoms. The molecule has 6 nitrogen and oxygen atoms in total. The summed E-state index contributed by atoms with van der Waals surface area (Å²) in [6.45, 7) is 5.56. The number of rotatable bonds is 4. The summed E-state index contributed by atoms with van der Waals surface area (Å²) in [4.78, 5) is 30.3. The van der Waals surface area contributed by atoms with Crippen molar-refractivity contribution in [3.63, 3.8) is 0 Å². The highest BCUT2D eigenvalue weighted by atomic mass is 16.2. The maximum absolute atomic E-state index is 12.6. The molecule has 2 saturated heterocycles. The number of aryl methyl sites for hydroxylation is 2. The summed E-state index contributed by atoms with van der Waals surface area (Å²) in [7, 11) is 0. The van der Waals surface area contributed by atoms with Gasteiger partial charge in [0, 0.05) is 31.1 Å². The van der Waals surface area contributed by atoms with Crippen LogP contribution in [-0.2, 0) is 17.8 Å². The molecule has 2 fully saturated rings. The summed E-state index contributed by atoms with van der Waals surface area (Å²) in [6, 6.07) is 6.37. The second-order valence-electron chi connectivity index (χ2n) is 6.86. The van der Waals surface area contributed by atoms with Gasteiger partial charge in [0.2, 0.25) is 11.9 Å². The molecule has 0 N–H and O–H groups in total. The van der Waals surface area contributed by atoms with Crippen LogP contribution in [0, 0.1) is 6.92 Å². The Bertz CT molecular complexity index is 776. The molecule has 2 aliphatic rings. The van der Waals surface area contributed by atoms with E-state index in [4.69, 9.17) is 0 Å². The number of aromatic nitrogens is 3. The Hall–Kier alpha value is -2.50. The Labute approximate surface area is 147 Å². The minimum atomic E-state index is 0.171. The molecule has 130 valence electrons. The SMILES string of the molecule is CCc1cnc(N2CC[C@@H]3[C@@H]2CC(=O)N3Cc2cccc(C)n2)nc1. The lowest BCUT2D eigenvalue weighted by Gasteiger charge is -2.25.